The van der Waals surface area contributed by atoms with E-state index in [1.165, 1.54) is 83.4 Å². The average molecular weight is 1300 g/mol. The number of thioether (sulfide) groups is 2. The number of aromatic nitrogens is 2. The number of para-hydroxylation sites is 4. The molecule has 6 aromatic rings. The standard InChI is InChI=1S/C49H56N6S2.4HI/c1-50(2)38(28-32-54-30-26-36(40-18-7-9-20-42(40)54)34-48-52(5)44-22-11-13-24-46(44)56-48)16-15-17-39(51(3)4)29-33-55-31-27-37(41-19-8-10-21-43(41)55)35-49-53(6)45-23-12-14-25-47(45)57-49;;;;/h7-14,18-27,30-31,34-35,38-39H,15-17,28-29,32-33H2,1-6H3;4*1H/q+2;;;;/p-2. The Labute approximate surface area is 440 Å². The van der Waals surface area contributed by atoms with E-state index in [2.05, 4.69) is 205 Å². The van der Waals surface area contributed by atoms with Crippen molar-refractivity contribution in [2.45, 2.75) is 67.1 Å². The van der Waals surface area contributed by atoms with E-state index >= 15 is 0 Å². The van der Waals surface area contributed by atoms with Gasteiger partial charge in [0.1, 0.15) is 0 Å². The number of hydrogen-bond donors (Lipinski definition) is 0. The molecule has 0 bridgehead atoms. The molecular formula is C49H58I4N6S2. The fourth-order valence-corrected chi connectivity index (χ4v) is 10.7. The summed E-state index contributed by atoms with van der Waals surface area (Å²) in [6, 6.07) is 40.8. The van der Waals surface area contributed by atoms with Gasteiger partial charge in [-0.15, -0.1) is 48.0 Å². The molecule has 2 atom stereocenters. The van der Waals surface area contributed by atoms with E-state index < -0.39 is 0 Å². The number of halogens is 4. The highest BCUT2D eigenvalue weighted by Crippen LogP contribution is 2.46. The predicted octanol–water partition coefficient (Wildman–Crippen LogP) is 5.40. The summed E-state index contributed by atoms with van der Waals surface area (Å²) in [7, 11) is 13.4. The quantitative estimate of drug-likeness (QED) is 0.107. The highest BCUT2D eigenvalue weighted by molar-refractivity contribution is 14.0. The van der Waals surface area contributed by atoms with E-state index in [1.54, 1.807) is 0 Å². The Hall–Kier alpha value is -1.68. The second-order valence-electron chi connectivity index (χ2n) is 15.9. The molecule has 0 fully saturated rings. The minimum atomic E-state index is 0. The molecule has 12 heteroatoms. The molecule has 0 saturated heterocycles. The topological polar surface area (TPSA) is 20.7 Å². The van der Waals surface area contributed by atoms with Gasteiger partial charge in [-0.2, -0.15) is 9.13 Å². The van der Waals surface area contributed by atoms with Gasteiger partial charge in [0.2, 0.25) is 11.0 Å². The SMILES string of the molecule is CN1C(=Cc2cc[n+](CCC(CCCC(CC[n+]3ccc(C=C4Sc5ccccc5N4C)c4ccccc43)N(C)C)N(C)C)c3ccccc23)Sc2ccccc21.I.I.[I-].[I-]. The van der Waals surface area contributed by atoms with Gasteiger partial charge in [-0.25, -0.2) is 0 Å². The molecule has 0 radical (unpaired) electrons. The first-order valence-corrected chi connectivity index (χ1v) is 22.0. The Morgan fingerprint density at radius 2 is 0.902 bits per heavy atom. The van der Waals surface area contributed by atoms with Crippen LogP contribution in [0, 0.1) is 0 Å². The number of benzene rings is 4. The minimum Gasteiger partial charge on any atom is -1.00 e. The van der Waals surface area contributed by atoms with Crippen LogP contribution in [0.3, 0.4) is 0 Å². The van der Waals surface area contributed by atoms with Gasteiger partial charge in [0.15, 0.2) is 25.5 Å². The molecule has 4 heterocycles. The summed E-state index contributed by atoms with van der Waals surface area (Å²) >= 11 is 3.71. The van der Waals surface area contributed by atoms with Crippen LogP contribution in [-0.2, 0) is 13.1 Å². The van der Waals surface area contributed by atoms with Crippen molar-refractivity contribution in [3.8, 4) is 0 Å². The molecule has 8 rings (SSSR count). The number of hydrogen-bond acceptors (Lipinski definition) is 6. The molecule has 2 aromatic heterocycles. The van der Waals surface area contributed by atoms with Gasteiger partial charge in [0.05, 0.1) is 32.2 Å². The van der Waals surface area contributed by atoms with Crippen molar-refractivity contribution >= 4 is 117 Å². The Morgan fingerprint density at radius 3 is 1.30 bits per heavy atom. The van der Waals surface area contributed by atoms with Crippen LogP contribution in [0.15, 0.2) is 141 Å². The molecule has 0 aliphatic carbocycles. The Balaban J connectivity index is 0.00000205. The summed E-state index contributed by atoms with van der Waals surface area (Å²) in [4.78, 5) is 12.1. The summed E-state index contributed by atoms with van der Waals surface area (Å²) in [5.41, 5.74) is 7.69. The van der Waals surface area contributed by atoms with Crippen molar-refractivity contribution in [3.63, 3.8) is 0 Å². The third kappa shape index (κ3) is 12.0. The molecule has 0 spiro atoms. The zero-order valence-corrected chi connectivity index (χ0v) is 46.5. The maximum atomic E-state index is 2.46. The first kappa shape index (κ1) is 51.9. The molecule has 4 aromatic carbocycles. The normalized spacial score (nSPS) is 15.3. The summed E-state index contributed by atoms with van der Waals surface area (Å²) < 4.78 is 4.92. The number of aryl methyl sites for hydroxylation is 2. The fourth-order valence-electron chi connectivity index (χ4n) is 8.51. The van der Waals surface area contributed by atoms with Gasteiger partial charge in [-0.05, 0) is 101 Å². The molecule has 61 heavy (non-hydrogen) atoms. The number of anilines is 2. The van der Waals surface area contributed by atoms with E-state index in [-0.39, 0.29) is 95.9 Å². The lowest BCUT2D eigenvalue weighted by molar-refractivity contribution is -0.672. The summed E-state index contributed by atoms with van der Waals surface area (Å²) in [6.07, 6.45) is 15.1. The first-order valence-electron chi connectivity index (χ1n) is 20.3. The van der Waals surface area contributed by atoms with Gasteiger partial charge >= 0.3 is 0 Å². The van der Waals surface area contributed by atoms with Crippen molar-refractivity contribution in [2.75, 3.05) is 52.1 Å². The first-order chi connectivity index (χ1) is 27.7. The summed E-state index contributed by atoms with van der Waals surface area (Å²) in [5.74, 6) is 0. The molecule has 0 saturated carbocycles. The van der Waals surface area contributed by atoms with E-state index in [4.69, 9.17) is 0 Å². The highest BCUT2D eigenvalue weighted by Gasteiger charge is 2.25. The molecule has 6 nitrogen and oxygen atoms in total. The third-order valence-corrected chi connectivity index (χ3v) is 14.3. The third-order valence-electron chi connectivity index (χ3n) is 12.0. The minimum absolute atomic E-state index is 0. The van der Waals surface area contributed by atoms with Crippen LogP contribution in [0.25, 0.3) is 34.0 Å². The Morgan fingerprint density at radius 1 is 0.525 bits per heavy atom. The lowest BCUT2D eigenvalue weighted by atomic mass is 9.99. The molecule has 324 valence electrons. The fraction of sp³-hybridized carbons (Fsp3) is 0.306. The maximum absolute atomic E-state index is 2.46. The molecule has 0 amide bonds. The van der Waals surface area contributed by atoms with Crippen LogP contribution in [-0.4, -0.2) is 64.2 Å². The molecule has 2 unspecified atom stereocenters. The van der Waals surface area contributed by atoms with E-state index in [0.29, 0.717) is 12.1 Å². The zero-order chi connectivity index (χ0) is 39.5. The monoisotopic (exact) mass is 1300 g/mol. The van der Waals surface area contributed by atoms with Gasteiger partial charge in [0.25, 0.3) is 0 Å². The largest absolute Gasteiger partial charge is 1.00 e. The average Bonchev–Trinajstić information content (AvgIpc) is 3.72. The van der Waals surface area contributed by atoms with Crippen LogP contribution in [0.1, 0.15) is 43.2 Å². The van der Waals surface area contributed by atoms with Gasteiger partial charge in [-0.3, -0.25) is 0 Å². The second kappa shape index (κ2) is 24.0. The smallest absolute Gasteiger partial charge is 0.213 e. The van der Waals surface area contributed by atoms with Crippen LogP contribution < -0.4 is 66.9 Å². The predicted molar refractivity (Wildman–Crippen MR) is 275 cm³/mol. The van der Waals surface area contributed by atoms with Crippen LogP contribution >= 0.6 is 71.5 Å². The van der Waals surface area contributed by atoms with Crippen molar-refractivity contribution < 1.29 is 57.1 Å². The van der Waals surface area contributed by atoms with Gasteiger partial charge in [0, 0.05) is 73.1 Å². The molecule has 0 N–H and O–H groups in total. The van der Waals surface area contributed by atoms with Crippen LogP contribution in [0.5, 0.6) is 0 Å². The maximum Gasteiger partial charge on any atom is 0.213 e. The zero-order valence-electron chi connectivity index (χ0n) is 35.9. The Bertz CT molecular complexity index is 2290. The van der Waals surface area contributed by atoms with Crippen molar-refractivity contribution in [3.05, 3.63) is 143 Å². The summed E-state index contributed by atoms with van der Waals surface area (Å²) in [5, 5.41) is 5.13. The second-order valence-corrected chi connectivity index (χ2v) is 18.1. The summed E-state index contributed by atoms with van der Waals surface area (Å²) in [6.45, 7) is 1.99. The lowest BCUT2D eigenvalue weighted by Gasteiger charge is -2.27. The van der Waals surface area contributed by atoms with E-state index in [9.17, 15) is 0 Å². The number of fused-ring (bicyclic) bond motifs is 4. The van der Waals surface area contributed by atoms with Crippen molar-refractivity contribution in [2.24, 2.45) is 0 Å². The molecule has 2 aliphatic heterocycles. The van der Waals surface area contributed by atoms with Gasteiger partial charge < -0.3 is 67.6 Å². The lowest BCUT2D eigenvalue weighted by Crippen LogP contribution is -3.00. The van der Waals surface area contributed by atoms with E-state index in [0.717, 1.165) is 25.9 Å². The number of pyridine rings is 2. The number of rotatable bonds is 14. The van der Waals surface area contributed by atoms with Crippen LogP contribution in [0.4, 0.5) is 11.4 Å². The van der Waals surface area contributed by atoms with E-state index in [1.807, 2.05) is 23.5 Å². The molecule has 2 aliphatic rings. The van der Waals surface area contributed by atoms with Crippen molar-refractivity contribution in [1.82, 2.24) is 9.80 Å². The highest BCUT2D eigenvalue weighted by atomic mass is 127. The van der Waals surface area contributed by atoms with Gasteiger partial charge in [-0.1, -0.05) is 78.5 Å². The molecular weight excluding hydrogens is 1240 g/mol. The van der Waals surface area contributed by atoms with Crippen LogP contribution in [0.2, 0.25) is 0 Å². The van der Waals surface area contributed by atoms with Crippen molar-refractivity contribution in [1.29, 1.82) is 0 Å². The number of nitrogens with zero attached hydrogens (tertiary/aromatic N) is 6. The Kier molecular flexibility index (Phi) is 20.5.